The number of para-hydroxylation sites is 1. The molecule has 0 radical (unpaired) electrons. The Morgan fingerprint density at radius 1 is 1.47 bits per heavy atom. The maximum Gasteiger partial charge on any atom is 0.164 e. The third-order valence-corrected chi connectivity index (χ3v) is 3.20. The van der Waals surface area contributed by atoms with Gasteiger partial charge in [0.05, 0.1) is 19.8 Å². The highest BCUT2D eigenvalue weighted by atomic mass is 16.5. The van der Waals surface area contributed by atoms with Crippen molar-refractivity contribution in [2.45, 2.75) is 38.4 Å². The first-order chi connectivity index (χ1) is 9.20. The fourth-order valence-corrected chi connectivity index (χ4v) is 2.31. The van der Waals surface area contributed by atoms with E-state index < -0.39 is 6.10 Å². The molecule has 2 unspecified atom stereocenters. The van der Waals surface area contributed by atoms with Gasteiger partial charge in [-0.1, -0.05) is 12.1 Å². The van der Waals surface area contributed by atoms with Gasteiger partial charge in [-0.15, -0.1) is 0 Å². The summed E-state index contributed by atoms with van der Waals surface area (Å²) in [5.41, 5.74) is 0.972. The summed E-state index contributed by atoms with van der Waals surface area (Å²) >= 11 is 0. The van der Waals surface area contributed by atoms with Crippen molar-refractivity contribution < 1.29 is 19.3 Å². The maximum absolute atomic E-state index is 9.58. The summed E-state index contributed by atoms with van der Waals surface area (Å²) in [7, 11) is 1.63. The van der Waals surface area contributed by atoms with Gasteiger partial charge >= 0.3 is 0 Å². The Morgan fingerprint density at radius 2 is 2.32 bits per heavy atom. The highest BCUT2D eigenvalue weighted by molar-refractivity contribution is 5.47. The Labute approximate surface area is 114 Å². The number of hydrogen-bond donors (Lipinski definition) is 1. The molecule has 2 atom stereocenters. The normalized spacial score (nSPS) is 20.9. The lowest BCUT2D eigenvalue weighted by molar-refractivity contribution is 0.00584. The van der Waals surface area contributed by atoms with Gasteiger partial charge < -0.3 is 19.3 Å². The van der Waals surface area contributed by atoms with E-state index in [1.54, 1.807) is 14.0 Å². The van der Waals surface area contributed by atoms with Crippen LogP contribution in [-0.2, 0) is 11.2 Å². The molecule has 1 fully saturated rings. The van der Waals surface area contributed by atoms with Crippen LogP contribution in [-0.4, -0.2) is 37.6 Å². The van der Waals surface area contributed by atoms with Crippen LogP contribution in [0.5, 0.6) is 11.5 Å². The van der Waals surface area contributed by atoms with Crippen LogP contribution in [0.2, 0.25) is 0 Å². The molecule has 1 aliphatic rings. The summed E-state index contributed by atoms with van der Waals surface area (Å²) in [6, 6.07) is 5.76. The minimum Gasteiger partial charge on any atom is -0.493 e. The van der Waals surface area contributed by atoms with Gasteiger partial charge in [-0.25, -0.2) is 0 Å². The smallest absolute Gasteiger partial charge is 0.164 e. The number of rotatable bonds is 5. The number of ether oxygens (including phenoxy) is 3. The Morgan fingerprint density at radius 3 is 2.95 bits per heavy atom. The molecule has 1 heterocycles. The first-order valence-electron chi connectivity index (χ1n) is 6.79. The molecule has 0 amide bonds. The molecule has 1 aromatic rings. The van der Waals surface area contributed by atoms with Crippen LogP contribution in [0.4, 0.5) is 0 Å². The predicted molar refractivity (Wildman–Crippen MR) is 72.8 cm³/mol. The second kappa shape index (κ2) is 6.78. The Bertz CT molecular complexity index is 397. The first kappa shape index (κ1) is 14.2. The summed E-state index contributed by atoms with van der Waals surface area (Å²) in [6.45, 7) is 3.20. The lowest BCUT2D eigenvalue weighted by atomic mass is 10.1. The van der Waals surface area contributed by atoms with Crippen LogP contribution in [0.15, 0.2) is 18.2 Å². The van der Waals surface area contributed by atoms with Crippen molar-refractivity contribution >= 4 is 0 Å². The molecule has 0 spiro atoms. The Balaban J connectivity index is 2.18. The first-order valence-corrected chi connectivity index (χ1v) is 6.79. The van der Waals surface area contributed by atoms with Crippen LogP contribution in [0.3, 0.4) is 0 Å². The number of methoxy groups -OCH3 is 1. The second-order valence-electron chi connectivity index (χ2n) is 4.96. The van der Waals surface area contributed by atoms with Crippen molar-refractivity contribution in [3.8, 4) is 11.5 Å². The van der Waals surface area contributed by atoms with Gasteiger partial charge in [-0.3, -0.25) is 0 Å². The molecule has 4 nitrogen and oxygen atoms in total. The molecule has 1 aliphatic heterocycles. The van der Waals surface area contributed by atoms with E-state index in [-0.39, 0.29) is 6.10 Å². The highest BCUT2D eigenvalue weighted by Crippen LogP contribution is 2.33. The molecule has 19 heavy (non-hydrogen) atoms. The fourth-order valence-electron chi connectivity index (χ4n) is 2.31. The van der Waals surface area contributed by atoms with E-state index in [4.69, 9.17) is 14.2 Å². The van der Waals surface area contributed by atoms with Crippen LogP contribution >= 0.6 is 0 Å². The van der Waals surface area contributed by atoms with E-state index in [0.29, 0.717) is 18.8 Å². The molecule has 1 N–H and O–H groups in total. The van der Waals surface area contributed by atoms with Gasteiger partial charge in [-0.05, 0) is 25.8 Å². The number of aliphatic hydroxyl groups excluding tert-OH is 1. The lowest BCUT2D eigenvalue weighted by Gasteiger charge is -2.25. The van der Waals surface area contributed by atoms with Gasteiger partial charge in [0.2, 0.25) is 0 Å². The Hall–Kier alpha value is -1.26. The van der Waals surface area contributed by atoms with E-state index in [0.717, 1.165) is 30.8 Å². The minimum atomic E-state index is -0.405. The zero-order chi connectivity index (χ0) is 13.7. The summed E-state index contributed by atoms with van der Waals surface area (Å²) in [4.78, 5) is 0. The number of aliphatic hydroxyl groups is 1. The molecule has 0 aromatic heterocycles. The molecule has 2 rings (SSSR count). The summed E-state index contributed by atoms with van der Waals surface area (Å²) in [6.07, 6.45) is 2.23. The maximum atomic E-state index is 9.58. The van der Waals surface area contributed by atoms with Gasteiger partial charge in [0.25, 0.3) is 0 Å². The quantitative estimate of drug-likeness (QED) is 0.887. The molecule has 0 aliphatic carbocycles. The molecular formula is C15H22O4. The van der Waals surface area contributed by atoms with E-state index >= 15 is 0 Å². The topological polar surface area (TPSA) is 47.9 Å². The monoisotopic (exact) mass is 266 g/mol. The summed E-state index contributed by atoms with van der Waals surface area (Å²) < 4.78 is 16.8. The van der Waals surface area contributed by atoms with Crippen LogP contribution in [0.1, 0.15) is 25.3 Å². The number of hydrogen-bond acceptors (Lipinski definition) is 4. The van der Waals surface area contributed by atoms with Crippen molar-refractivity contribution in [3.63, 3.8) is 0 Å². The third kappa shape index (κ3) is 3.85. The average molecular weight is 266 g/mol. The molecule has 0 bridgehead atoms. The second-order valence-corrected chi connectivity index (χ2v) is 4.96. The van der Waals surface area contributed by atoms with Crippen LogP contribution in [0.25, 0.3) is 0 Å². The summed E-state index contributed by atoms with van der Waals surface area (Å²) in [5.74, 6) is 1.45. The van der Waals surface area contributed by atoms with Crippen LogP contribution in [0, 0.1) is 0 Å². The van der Waals surface area contributed by atoms with Gasteiger partial charge in [0.15, 0.2) is 11.5 Å². The average Bonchev–Trinajstić information content (AvgIpc) is 2.41. The highest BCUT2D eigenvalue weighted by Gasteiger charge is 2.20. The fraction of sp³-hybridized carbons (Fsp3) is 0.600. The van der Waals surface area contributed by atoms with E-state index in [9.17, 15) is 5.11 Å². The summed E-state index contributed by atoms with van der Waals surface area (Å²) in [5, 5.41) is 9.58. The van der Waals surface area contributed by atoms with Crippen molar-refractivity contribution in [3.05, 3.63) is 23.8 Å². The molecular weight excluding hydrogens is 244 g/mol. The van der Waals surface area contributed by atoms with Crippen molar-refractivity contribution in [1.29, 1.82) is 0 Å². The van der Waals surface area contributed by atoms with E-state index in [1.807, 2.05) is 18.2 Å². The van der Waals surface area contributed by atoms with Gasteiger partial charge in [-0.2, -0.15) is 0 Å². The lowest BCUT2D eigenvalue weighted by Crippen LogP contribution is -2.28. The van der Waals surface area contributed by atoms with Crippen molar-refractivity contribution in [1.82, 2.24) is 0 Å². The van der Waals surface area contributed by atoms with Crippen LogP contribution < -0.4 is 9.47 Å². The molecule has 1 aromatic carbocycles. The third-order valence-electron chi connectivity index (χ3n) is 3.20. The van der Waals surface area contributed by atoms with Gasteiger partial charge in [0, 0.05) is 18.6 Å². The molecule has 106 valence electrons. The minimum absolute atomic E-state index is 0.0674. The largest absolute Gasteiger partial charge is 0.493 e. The standard InChI is InChI=1S/C15H22O4/c1-11(16)9-12-5-3-7-14(17-2)15(12)19-13-6-4-8-18-10-13/h3,5,7,11,13,16H,4,6,8-10H2,1-2H3. The molecule has 4 heteroatoms. The van der Waals surface area contributed by atoms with E-state index in [1.165, 1.54) is 0 Å². The predicted octanol–water partition coefficient (Wildman–Crippen LogP) is 2.18. The van der Waals surface area contributed by atoms with Gasteiger partial charge in [0.1, 0.15) is 6.10 Å². The molecule has 1 saturated heterocycles. The number of benzene rings is 1. The van der Waals surface area contributed by atoms with Crippen molar-refractivity contribution in [2.75, 3.05) is 20.3 Å². The zero-order valence-corrected chi connectivity index (χ0v) is 11.6. The zero-order valence-electron chi connectivity index (χ0n) is 11.6. The van der Waals surface area contributed by atoms with Crippen molar-refractivity contribution in [2.24, 2.45) is 0 Å². The Kier molecular flexibility index (Phi) is 5.05. The molecule has 0 saturated carbocycles. The SMILES string of the molecule is COc1cccc(CC(C)O)c1OC1CCCOC1. The van der Waals surface area contributed by atoms with E-state index in [2.05, 4.69) is 0 Å².